The lowest BCUT2D eigenvalue weighted by Gasteiger charge is -2.09. The van der Waals surface area contributed by atoms with Crippen molar-refractivity contribution in [3.8, 4) is 0 Å². The summed E-state index contributed by atoms with van der Waals surface area (Å²) in [7, 11) is -3.77. The SMILES string of the molecule is C=CCOCCOCCOCCOCCOCCOCCOCCOCCOCCOCCOS(=O)(=O)c1ccc(C)cc1. The average Bonchev–Trinajstić information content (AvgIpc) is 3.02. The minimum absolute atomic E-state index is 0.0584. The Bertz CT molecular complexity index is 868. The molecule has 1 aromatic carbocycles. The molecule has 13 nitrogen and oxygen atoms in total. The zero-order chi connectivity index (χ0) is 31.8. The Balaban J connectivity index is 1.69. The van der Waals surface area contributed by atoms with E-state index < -0.39 is 10.1 Å². The van der Waals surface area contributed by atoms with Crippen LogP contribution in [0.25, 0.3) is 0 Å². The quantitative estimate of drug-likeness (QED) is 0.0611. The van der Waals surface area contributed by atoms with Gasteiger partial charge in [-0.25, -0.2) is 0 Å². The number of hydrogen-bond acceptors (Lipinski definition) is 13. The molecule has 0 N–H and O–H groups in total. The molecule has 0 unspecified atom stereocenters. The van der Waals surface area contributed by atoms with Gasteiger partial charge in [-0.3, -0.25) is 4.18 Å². The van der Waals surface area contributed by atoms with E-state index in [1.165, 1.54) is 12.1 Å². The summed E-state index contributed by atoms with van der Waals surface area (Å²) in [6.07, 6.45) is 1.70. The fourth-order valence-corrected chi connectivity index (χ4v) is 4.01. The van der Waals surface area contributed by atoms with Crippen LogP contribution in [0.2, 0.25) is 0 Å². The van der Waals surface area contributed by atoms with Crippen molar-refractivity contribution in [1.82, 2.24) is 0 Å². The minimum atomic E-state index is -3.77. The molecular weight excluding hydrogens is 600 g/mol. The summed E-state index contributed by atoms with van der Waals surface area (Å²) in [6.45, 7) is 14.7. The minimum Gasteiger partial charge on any atom is -0.377 e. The number of rotatable bonds is 34. The van der Waals surface area contributed by atoms with E-state index >= 15 is 0 Å². The van der Waals surface area contributed by atoms with Crippen molar-refractivity contribution in [2.75, 3.05) is 139 Å². The van der Waals surface area contributed by atoms with E-state index in [9.17, 15) is 8.42 Å². The topological polar surface area (TPSA) is 136 Å². The Morgan fingerprint density at radius 3 is 1.05 bits per heavy atom. The van der Waals surface area contributed by atoms with Gasteiger partial charge in [-0.05, 0) is 19.1 Å². The van der Waals surface area contributed by atoms with Gasteiger partial charge in [-0.15, -0.1) is 6.58 Å². The third kappa shape index (κ3) is 25.8. The fourth-order valence-electron chi connectivity index (χ4n) is 3.12. The molecule has 1 aromatic rings. The van der Waals surface area contributed by atoms with E-state index in [0.29, 0.717) is 126 Å². The van der Waals surface area contributed by atoms with Crippen molar-refractivity contribution in [3.05, 3.63) is 42.5 Å². The van der Waals surface area contributed by atoms with E-state index in [1.54, 1.807) is 18.2 Å². The summed E-state index contributed by atoms with van der Waals surface area (Å²) < 4.78 is 83.0. The van der Waals surface area contributed by atoms with Crippen LogP contribution in [0.3, 0.4) is 0 Å². The monoisotopic (exact) mass is 652 g/mol. The maximum Gasteiger partial charge on any atom is 0.297 e. The zero-order valence-corrected chi connectivity index (χ0v) is 27.0. The molecule has 14 heteroatoms. The molecule has 0 aliphatic heterocycles. The smallest absolute Gasteiger partial charge is 0.297 e. The Hall–Kier alpha value is -1.53. The van der Waals surface area contributed by atoms with Crippen molar-refractivity contribution < 1.29 is 60.0 Å². The molecule has 0 spiro atoms. The van der Waals surface area contributed by atoms with Crippen molar-refractivity contribution >= 4 is 10.1 Å². The molecule has 0 radical (unpaired) electrons. The molecule has 0 amide bonds. The third-order valence-electron chi connectivity index (χ3n) is 5.36. The first-order valence-corrected chi connectivity index (χ1v) is 16.3. The van der Waals surface area contributed by atoms with Crippen LogP contribution in [0.15, 0.2) is 41.8 Å². The van der Waals surface area contributed by atoms with Gasteiger partial charge in [0.15, 0.2) is 0 Å². The highest BCUT2D eigenvalue weighted by molar-refractivity contribution is 7.86. The predicted octanol–water partition coefficient (Wildman–Crippen LogP) is 2.05. The van der Waals surface area contributed by atoms with Gasteiger partial charge in [-0.2, -0.15) is 8.42 Å². The largest absolute Gasteiger partial charge is 0.377 e. The summed E-state index contributed by atoms with van der Waals surface area (Å²) in [5.74, 6) is 0. The lowest BCUT2D eigenvalue weighted by Crippen LogP contribution is -2.15. The van der Waals surface area contributed by atoms with Crippen molar-refractivity contribution in [2.24, 2.45) is 0 Å². The predicted molar refractivity (Wildman–Crippen MR) is 163 cm³/mol. The molecule has 0 saturated heterocycles. The average molecular weight is 653 g/mol. The lowest BCUT2D eigenvalue weighted by atomic mass is 10.2. The molecule has 0 bridgehead atoms. The molecule has 0 heterocycles. The maximum atomic E-state index is 12.1. The molecule has 0 aliphatic carbocycles. The van der Waals surface area contributed by atoms with E-state index in [-0.39, 0.29) is 18.1 Å². The standard InChI is InChI=1S/C30H52O13S/c1-3-8-33-9-10-34-11-12-35-13-14-36-15-16-37-17-18-38-19-20-39-21-22-40-23-24-41-25-26-42-27-28-43-44(31,32)30-6-4-29(2)5-7-30/h3-7H,1,8-28H2,2H3. The van der Waals surface area contributed by atoms with Crippen LogP contribution in [0.4, 0.5) is 0 Å². The molecule has 256 valence electrons. The van der Waals surface area contributed by atoms with Crippen LogP contribution in [0, 0.1) is 6.92 Å². The second-order valence-corrected chi connectivity index (χ2v) is 10.6. The summed E-state index contributed by atoms with van der Waals surface area (Å²) in [6, 6.07) is 6.48. The number of benzene rings is 1. The van der Waals surface area contributed by atoms with Gasteiger partial charge in [-0.1, -0.05) is 23.8 Å². The molecular formula is C30H52O13S. The van der Waals surface area contributed by atoms with Gasteiger partial charge >= 0.3 is 0 Å². The van der Waals surface area contributed by atoms with Crippen LogP contribution in [-0.4, -0.2) is 147 Å². The van der Waals surface area contributed by atoms with Crippen molar-refractivity contribution in [3.63, 3.8) is 0 Å². The normalized spacial score (nSPS) is 11.8. The van der Waals surface area contributed by atoms with Crippen LogP contribution >= 0.6 is 0 Å². The van der Waals surface area contributed by atoms with Gasteiger partial charge in [0.25, 0.3) is 10.1 Å². The molecule has 0 aromatic heterocycles. The Kier molecular flexibility index (Phi) is 27.7. The lowest BCUT2D eigenvalue weighted by molar-refractivity contribution is -0.0264. The van der Waals surface area contributed by atoms with Gasteiger partial charge in [0.2, 0.25) is 0 Å². The van der Waals surface area contributed by atoms with E-state index in [1.807, 2.05) is 6.92 Å². The van der Waals surface area contributed by atoms with Crippen LogP contribution in [0.1, 0.15) is 5.56 Å². The van der Waals surface area contributed by atoms with Crippen molar-refractivity contribution in [1.29, 1.82) is 0 Å². The molecule has 1 rings (SSSR count). The Morgan fingerprint density at radius 2 is 0.750 bits per heavy atom. The second kappa shape index (κ2) is 30.1. The van der Waals surface area contributed by atoms with Crippen LogP contribution < -0.4 is 0 Å². The third-order valence-corrected chi connectivity index (χ3v) is 6.69. The number of hydrogen-bond donors (Lipinski definition) is 0. The summed E-state index contributed by atoms with van der Waals surface area (Å²) in [5, 5.41) is 0. The summed E-state index contributed by atoms with van der Waals surface area (Å²) >= 11 is 0. The first-order valence-electron chi connectivity index (χ1n) is 14.9. The van der Waals surface area contributed by atoms with Gasteiger partial charge in [0, 0.05) is 0 Å². The highest BCUT2D eigenvalue weighted by atomic mass is 32.2. The molecule has 0 aliphatic rings. The maximum absolute atomic E-state index is 12.1. The van der Waals surface area contributed by atoms with E-state index in [0.717, 1.165) is 5.56 Å². The molecule has 0 fully saturated rings. The highest BCUT2D eigenvalue weighted by Crippen LogP contribution is 2.12. The summed E-state index contributed by atoms with van der Waals surface area (Å²) in [4.78, 5) is 0.128. The number of aryl methyl sites for hydroxylation is 1. The Labute approximate surface area is 263 Å². The molecule has 44 heavy (non-hydrogen) atoms. The molecule has 0 saturated carbocycles. The highest BCUT2D eigenvalue weighted by Gasteiger charge is 2.14. The second-order valence-electron chi connectivity index (χ2n) is 8.96. The first-order chi connectivity index (χ1) is 21.6. The zero-order valence-electron chi connectivity index (χ0n) is 26.2. The van der Waals surface area contributed by atoms with Gasteiger partial charge in [0.05, 0.1) is 144 Å². The Morgan fingerprint density at radius 1 is 0.477 bits per heavy atom. The van der Waals surface area contributed by atoms with E-state index in [2.05, 4.69) is 6.58 Å². The molecule has 0 atom stereocenters. The fraction of sp³-hybridized carbons (Fsp3) is 0.733. The van der Waals surface area contributed by atoms with Crippen molar-refractivity contribution in [2.45, 2.75) is 11.8 Å². The van der Waals surface area contributed by atoms with Gasteiger partial charge in [0.1, 0.15) is 0 Å². The number of ether oxygens (including phenoxy) is 10. The van der Waals surface area contributed by atoms with Gasteiger partial charge < -0.3 is 47.4 Å². The first kappa shape index (κ1) is 40.5. The van der Waals surface area contributed by atoms with Crippen LogP contribution in [-0.2, 0) is 61.7 Å². The van der Waals surface area contributed by atoms with Crippen LogP contribution in [0.5, 0.6) is 0 Å². The van der Waals surface area contributed by atoms with E-state index in [4.69, 9.17) is 51.6 Å². The summed E-state index contributed by atoms with van der Waals surface area (Å²) in [5.41, 5.74) is 0.975.